The van der Waals surface area contributed by atoms with E-state index in [-0.39, 0.29) is 11.9 Å². The third-order valence-corrected chi connectivity index (χ3v) is 6.31. The molecule has 0 aromatic heterocycles. The third-order valence-electron chi connectivity index (χ3n) is 6.31. The van der Waals surface area contributed by atoms with E-state index in [1.165, 1.54) is 5.56 Å². The standard InChI is InChI=1S/C29H33N3O/c1-30(29(26-15-7-3-8-16-26)27-17-9-4-10-18-27)28(33)24-32-22-20-31(21-23-32)19-11-14-25-12-5-2-6-13-25/h2-18,29H,19-24H2,1H3/b14-11+. The first-order chi connectivity index (χ1) is 16.2. The molecule has 1 fully saturated rings. The molecule has 3 aromatic rings. The van der Waals surface area contributed by atoms with E-state index in [0.29, 0.717) is 6.54 Å². The lowest BCUT2D eigenvalue weighted by atomic mass is 9.97. The number of hydrogen-bond donors (Lipinski definition) is 0. The number of carbonyl (C=O) groups excluding carboxylic acids is 1. The Balaban J connectivity index is 1.31. The molecule has 170 valence electrons. The first kappa shape index (κ1) is 23.0. The lowest BCUT2D eigenvalue weighted by molar-refractivity contribution is -0.133. The summed E-state index contributed by atoms with van der Waals surface area (Å²) in [7, 11) is 1.93. The largest absolute Gasteiger partial charge is 0.334 e. The molecule has 1 aliphatic heterocycles. The van der Waals surface area contributed by atoms with Gasteiger partial charge in [-0.1, -0.05) is 103 Å². The monoisotopic (exact) mass is 439 g/mol. The van der Waals surface area contributed by atoms with E-state index in [0.717, 1.165) is 43.9 Å². The van der Waals surface area contributed by atoms with E-state index in [9.17, 15) is 4.79 Å². The fourth-order valence-corrected chi connectivity index (χ4v) is 4.39. The maximum absolute atomic E-state index is 13.3. The maximum Gasteiger partial charge on any atom is 0.237 e. The molecule has 4 nitrogen and oxygen atoms in total. The van der Waals surface area contributed by atoms with Crippen LogP contribution in [0.4, 0.5) is 0 Å². The number of piperazine rings is 1. The quantitative estimate of drug-likeness (QED) is 0.515. The normalized spacial score (nSPS) is 15.2. The lowest BCUT2D eigenvalue weighted by Crippen LogP contribution is -2.50. The first-order valence-corrected chi connectivity index (χ1v) is 11.7. The van der Waals surface area contributed by atoms with Crippen molar-refractivity contribution >= 4 is 12.0 Å². The first-order valence-electron chi connectivity index (χ1n) is 11.7. The lowest BCUT2D eigenvalue weighted by Gasteiger charge is -2.36. The molecule has 0 N–H and O–H groups in total. The van der Waals surface area contributed by atoms with Gasteiger partial charge in [-0.2, -0.15) is 0 Å². The van der Waals surface area contributed by atoms with Gasteiger partial charge in [-0.05, 0) is 16.7 Å². The summed E-state index contributed by atoms with van der Waals surface area (Å²) >= 11 is 0. The zero-order chi connectivity index (χ0) is 22.9. The molecular formula is C29H33N3O. The molecule has 0 unspecified atom stereocenters. The van der Waals surface area contributed by atoms with E-state index in [2.05, 4.69) is 70.5 Å². The van der Waals surface area contributed by atoms with Gasteiger partial charge in [-0.15, -0.1) is 0 Å². The van der Waals surface area contributed by atoms with Crippen LogP contribution in [0.25, 0.3) is 6.08 Å². The van der Waals surface area contributed by atoms with Crippen molar-refractivity contribution in [2.45, 2.75) is 6.04 Å². The Kier molecular flexibility index (Phi) is 8.07. The minimum Gasteiger partial charge on any atom is -0.334 e. The predicted octanol–water partition coefficient (Wildman–Crippen LogP) is 4.57. The Morgan fingerprint density at radius 2 is 1.27 bits per heavy atom. The van der Waals surface area contributed by atoms with Gasteiger partial charge < -0.3 is 4.90 Å². The second-order valence-corrected chi connectivity index (χ2v) is 8.62. The van der Waals surface area contributed by atoms with Crippen molar-refractivity contribution in [1.82, 2.24) is 14.7 Å². The number of nitrogens with zero attached hydrogens (tertiary/aromatic N) is 3. The molecule has 0 spiro atoms. The van der Waals surface area contributed by atoms with E-state index < -0.39 is 0 Å². The summed E-state index contributed by atoms with van der Waals surface area (Å²) in [5.41, 5.74) is 3.50. The van der Waals surface area contributed by atoms with Crippen LogP contribution in [0, 0.1) is 0 Å². The van der Waals surface area contributed by atoms with Gasteiger partial charge in [-0.3, -0.25) is 14.6 Å². The summed E-state index contributed by atoms with van der Waals surface area (Å²) in [6.07, 6.45) is 4.41. The summed E-state index contributed by atoms with van der Waals surface area (Å²) in [5.74, 6) is 0.158. The highest BCUT2D eigenvalue weighted by molar-refractivity contribution is 5.79. The van der Waals surface area contributed by atoms with E-state index >= 15 is 0 Å². The maximum atomic E-state index is 13.3. The molecule has 0 bridgehead atoms. The molecule has 3 aromatic carbocycles. The van der Waals surface area contributed by atoms with Gasteiger partial charge >= 0.3 is 0 Å². The van der Waals surface area contributed by atoms with Crippen LogP contribution in [0.5, 0.6) is 0 Å². The van der Waals surface area contributed by atoms with Crippen molar-refractivity contribution in [3.05, 3.63) is 114 Å². The van der Waals surface area contributed by atoms with Gasteiger partial charge in [0, 0.05) is 39.8 Å². The van der Waals surface area contributed by atoms with Crippen LogP contribution < -0.4 is 0 Å². The molecule has 0 atom stereocenters. The molecule has 0 radical (unpaired) electrons. The Hall–Kier alpha value is -3.21. The van der Waals surface area contributed by atoms with Crippen LogP contribution in [0.3, 0.4) is 0 Å². The van der Waals surface area contributed by atoms with Crippen LogP contribution in [0.2, 0.25) is 0 Å². The number of carbonyl (C=O) groups is 1. The zero-order valence-electron chi connectivity index (χ0n) is 19.4. The average molecular weight is 440 g/mol. The van der Waals surface area contributed by atoms with Gasteiger partial charge in [-0.25, -0.2) is 0 Å². The van der Waals surface area contributed by atoms with Crippen molar-refractivity contribution in [3.8, 4) is 0 Å². The summed E-state index contributed by atoms with van der Waals surface area (Å²) in [4.78, 5) is 19.9. The van der Waals surface area contributed by atoms with Gasteiger partial charge in [0.05, 0.1) is 12.6 Å². The Morgan fingerprint density at radius 3 is 1.82 bits per heavy atom. The molecule has 1 amide bonds. The Bertz CT molecular complexity index is 973. The van der Waals surface area contributed by atoms with Crippen molar-refractivity contribution in [1.29, 1.82) is 0 Å². The Morgan fingerprint density at radius 1 is 0.788 bits per heavy atom. The van der Waals surface area contributed by atoms with Gasteiger partial charge in [0.25, 0.3) is 0 Å². The number of hydrogen-bond acceptors (Lipinski definition) is 3. The molecule has 0 saturated carbocycles. The van der Waals surface area contributed by atoms with Crippen molar-refractivity contribution in [3.63, 3.8) is 0 Å². The molecule has 1 aliphatic rings. The summed E-state index contributed by atoms with van der Waals surface area (Å²) in [6.45, 7) is 5.20. The summed E-state index contributed by atoms with van der Waals surface area (Å²) in [5, 5.41) is 0. The molecule has 1 heterocycles. The van der Waals surface area contributed by atoms with Crippen LogP contribution >= 0.6 is 0 Å². The average Bonchev–Trinajstić information content (AvgIpc) is 2.87. The van der Waals surface area contributed by atoms with E-state index in [4.69, 9.17) is 0 Å². The van der Waals surface area contributed by atoms with Crippen molar-refractivity contribution in [2.75, 3.05) is 46.3 Å². The van der Waals surface area contributed by atoms with E-state index in [1.807, 2.05) is 54.4 Å². The van der Waals surface area contributed by atoms with Gasteiger partial charge in [0.15, 0.2) is 0 Å². The van der Waals surface area contributed by atoms with Gasteiger partial charge in [0.2, 0.25) is 5.91 Å². The van der Waals surface area contributed by atoms with Crippen molar-refractivity contribution in [2.24, 2.45) is 0 Å². The second kappa shape index (κ2) is 11.6. The van der Waals surface area contributed by atoms with Crippen molar-refractivity contribution < 1.29 is 4.79 Å². The smallest absolute Gasteiger partial charge is 0.237 e. The predicted molar refractivity (Wildman–Crippen MR) is 136 cm³/mol. The number of rotatable bonds is 8. The number of likely N-dealkylation sites (N-methyl/N-ethyl adjacent to an activating group) is 1. The minimum absolute atomic E-state index is 0.0793. The Labute approximate surface area is 197 Å². The number of benzene rings is 3. The minimum atomic E-state index is -0.0793. The molecule has 0 aliphatic carbocycles. The zero-order valence-corrected chi connectivity index (χ0v) is 19.4. The highest BCUT2D eigenvalue weighted by Crippen LogP contribution is 2.27. The van der Waals surface area contributed by atoms with Crippen LogP contribution in [-0.2, 0) is 4.79 Å². The molecule has 4 heteroatoms. The van der Waals surface area contributed by atoms with Gasteiger partial charge in [0.1, 0.15) is 0 Å². The fraction of sp³-hybridized carbons (Fsp3) is 0.276. The van der Waals surface area contributed by atoms with E-state index in [1.54, 1.807) is 0 Å². The highest BCUT2D eigenvalue weighted by Gasteiger charge is 2.26. The fourth-order valence-electron chi connectivity index (χ4n) is 4.39. The summed E-state index contributed by atoms with van der Waals surface area (Å²) in [6, 6.07) is 30.9. The highest BCUT2D eigenvalue weighted by atomic mass is 16.2. The molecule has 33 heavy (non-hydrogen) atoms. The topological polar surface area (TPSA) is 26.8 Å². The van der Waals surface area contributed by atoms with Crippen LogP contribution in [0.15, 0.2) is 97.1 Å². The molecule has 1 saturated heterocycles. The molecular weight excluding hydrogens is 406 g/mol. The van der Waals surface area contributed by atoms with Crippen LogP contribution in [-0.4, -0.2) is 66.9 Å². The van der Waals surface area contributed by atoms with Crippen LogP contribution in [0.1, 0.15) is 22.7 Å². The second-order valence-electron chi connectivity index (χ2n) is 8.62. The SMILES string of the molecule is CN(C(=O)CN1CCN(C/C=C/c2ccccc2)CC1)C(c1ccccc1)c1ccccc1. The summed E-state index contributed by atoms with van der Waals surface area (Å²) < 4.78 is 0. The third kappa shape index (κ3) is 6.41. The molecule has 4 rings (SSSR count). The number of amides is 1.